The van der Waals surface area contributed by atoms with Gasteiger partial charge in [0, 0.05) is 72.8 Å². The quantitative estimate of drug-likeness (QED) is 0.123. The number of rotatable bonds is 12. The minimum Gasteiger partial charge on any atom is -0.343 e. The third kappa shape index (κ3) is 22.3. The van der Waals surface area contributed by atoms with Crippen molar-refractivity contribution < 1.29 is 57.5 Å². The van der Waals surface area contributed by atoms with Gasteiger partial charge in [-0.15, -0.1) is 12.3 Å². The zero-order chi connectivity index (χ0) is 69.1. The van der Waals surface area contributed by atoms with Crippen LogP contribution in [0.3, 0.4) is 0 Å². The second-order valence-electron chi connectivity index (χ2n) is 28.0. The Balaban J connectivity index is 1.85. The highest BCUT2D eigenvalue weighted by Gasteiger charge is 2.44. The van der Waals surface area contributed by atoms with Crippen LogP contribution in [-0.4, -0.2) is 244 Å². The molecule has 0 aromatic heterocycles. The van der Waals surface area contributed by atoms with Gasteiger partial charge in [0.05, 0.1) is 26.1 Å². The third-order valence-electron chi connectivity index (χ3n) is 19.4. The summed E-state index contributed by atoms with van der Waals surface area (Å²) in [7, 11) is 9.98. The molecule has 4 fully saturated rings. The van der Waals surface area contributed by atoms with Crippen molar-refractivity contribution >= 4 is 93.5 Å². The molecule has 4 N–H and O–H groups in total. The van der Waals surface area contributed by atoms with Gasteiger partial charge in [0.2, 0.25) is 70.9 Å². The fourth-order valence-electron chi connectivity index (χ4n) is 12.9. The molecule has 12 amide bonds. The maximum absolute atomic E-state index is 15.1. The van der Waals surface area contributed by atoms with Crippen LogP contribution in [0.4, 0.5) is 0 Å². The lowest BCUT2D eigenvalue weighted by molar-refractivity contribution is -0.152. The fourth-order valence-corrected chi connectivity index (χ4v) is 14.0. The summed E-state index contributed by atoms with van der Waals surface area (Å²) < 4.78 is 0.326. The minimum atomic E-state index is -1.72. The van der Waals surface area contributed by atoms with Crippen molar-refractivity contribution in [1.82, 2.24) is 60.5 Å². The second kappa shape index (κ2) is 36.6. The Morgan fingerprint density at radius 2 is 1.15 bits per heavy atom. The molecule has 0 radical (unpaired) electrons. The molecular weight excluding hydrogens is 1290 g/mol. The van der Waals surface area contributed by atoms with Gasteiger partial charge >= 0.3 is 0 Å². The molecule has 0 spiro atoms. The summed E-state index contributed by atoms with van der Waals surface area (Å²) in [5.74, 6) is -5.94. The average Bonchev–Trinajstić information content (AvgIpc) is 0.837. The Kier molecular flexibility index (Phi) is 31.1. The molecular formula is C67H111IN12O12. The molecule has 4 rings (SSSR count). The predicted octanol–water partition coefficient (Wildman–Crippen LogP) is 3.95. The number of halogens is 1. The lowest BCUT2D eigenvalue weighted by atomic mass is 9.84. The number of hydrogen-bond acceptors (Lipinski definition) is 12. The zero-order valence-electron chi connectivity index (χ0n) is 57.9. The van der Waals surface area contributed by atoms with E-state index in [0.717, 1.165) is 74.0 Å². The molecule has 2 aliphatic heterocycles. The number of alkyl halides is 1. The number of nitrogens with one attached hydrogen (secondary N) is 4. The van der Waals surface area contributed by atoms with Crippen LogP contribution in [0.15, 0.2) is 0 Å². The van der Waals surface area contributed by atoms with Crippen LogP contribution < -0.4 is 21.3 Å². The lowest BCUT2D eigenvalue weighted by Crippen LogP contribution is -2.63. The lowest BCUT2D eigenvalue weighted by Gasteiger charge is -2.39. The van der Waals surface area contributed by atoms with E-state index in [4.69, 9.17) is 6.42 Å². The first-order valence-electron chi connectivity index (χ1n) is 33.5. The standard InChI is InChI=1S/C67H111IN12O12/c1-17-26-48-62(88)79(16)67(8,9)66(92)71-50(33-42(3)4)61(87)78(15)53(64(90)80-31-23-20-24-32-80)38-55(82)76(13)51(34-43(5)6)60(86)72-58(44(7)18-2)65(91)75(12)40-56(83)73(10)41-57(84)77(14)52(37-45-27-21-19-22-28-45)63(89)74(11)39-54(81)69-49(59(85)70-48)36-46-29-25-30-47(68)35-46/h1,42-53,58H,18-41H2,2-16H3,(H,69,81)(H,70,85)(H,71,92)(H,72,86)/t44-,46?,47?,48-,49-,50-,51-,52-,53-,58-/m0/s1. The van der Waals surface area contributed by atoms with E-state index < -0.39 is 151 Å². The Morgan fingerprint density at radius 1 is 0.576 bits per heavy atom. The number of piperidine rings is 1. The van der Waals surface area contributed by atoms with Gasteiger partial charge in [-0.1, -0.05) is 115 Å². The third-order valence-corrected chi connectivity index (χ3v) is 20.5. The SMILES string of the molecule is C#CC[C@@H]1NC(=O)[C@H](CC2CCCC(I)C2)NC(=O)CN(C)C(=O)[C@H](CC2CCCCC2)N(C)C(=O)CN(C)C(=O)CN(C)C(=O)[C@H]([C@@H](C)CC)NC(=O)[C@H](CC(C)C)N(C)C(=O)C[C@@H](C(=O)N2CCCCC2)N(C)C(=O)[C@H](CC(C)C)NC(=O)C(C)(C)N(C)C1=O. The molecule has 2 saturated heterocycles. The molecule has 2 unspecified atom stereocenters. The summed E-state index contributed by atoms with van der Waals surface area (Å²) in [4.78, 5) is 186. The number of carbonyl (C=O) groups excluding carboxylic acids is 12. The zero-order valence-corrected chi connectivity index (χ0v) is 60.1. The number of terminal acetylenes is 1. The number of nitrogens with zero attached hydrogens (tertiary/aromatic N) is 8. The molecule has 25 heteroatoms. The van der Waals surface area contributed by atoms with Crippen LogP contribution >= 0.6 is 22.6 Å². The summed E-state index contributed by atoms with van der Waals surface area (Å²) in [6, 6.07) is -8.64. The minimum absolute atomic E-state index is 0.0105. The number of carbonyl (C=O) groups is 12. The van der Waals surface area contributed by atoms with E-state index in [9.17, 15) is 52.7 Å². The van der Waals surface area contributed by atoms with E-state index in [-0.39, 0.29) is 49.4 Å². The van der Waals surface area contributed by atoms with Gasteiger partial charge in [-0.25, -0.2) is 0 Å². The maximum atomic E-state index is 15.1. The van der Waals surface area contributed by atoms with Crippen LogP contribution in [0.1, 0.15) is 177 Å². The first-order chi connectivity index (χ1) is 43.1. The number of hydrogen-bond donors (Lipinski definition) is 4. The van der Waals surface area contributed by atoms with Crippen LogP contribution in [-0.2, 0) is 57.5 Å². The monoisotopic (exact) mass is 1400 g/mol. The molecule has 10 atom stereocenters. The van der Waals surface area contributed by atoms with Crippen molar-refractivity contribution in [2.45, 2.75) is 229 Å². The van der Waals surface area contributed by atoms with E-state index in [2.05, 4.69) is 49.8 Å². The van der Waals surface area contributed by atoms with Gasteiger partial charge in [0.25, 0.3) is 0 Å². The van der Waals surface area contributed by atoms with E-state index >= 15 is 4.79 Å². The van der Waals surface area contributed by atoms with Crippen molar-refractivity contribution in [2.75, 3.05) is 82.1 Å². The highest BCUT2D eigenvalue weighted by molar-refractivity contribution is 14.1. The van der Waals surface area contributed by atoms with Crippen molar-refractivity contribution in [2.24, 2.45) is 29.6 Å². The smallest absolute Gasteiger partial charge is 0.246 e. The van der Waals surface area contributed by atoms with Crippen LogP contribution in [0.25, 0.3) is 0 Å². The first kappa shape index (κ1) is 78.4. The number of amides is 12. The van der Waals surface area contributed by atoms with Gasteiger partial charge in [-0.2, -0.15) is 0 Å². The second-order valence-corrected chi connectivity index (χ2v) is 29.8. The number of likely N-dealkylation sites (N-methyl/N-ethyl adjacent to an activating group) is 7. The van der Waals surface area contributed by atoms with E-state index in [1.54, 1.807) is 11.8 Å². The van der Waals surface area contributed by atoms with Gasteiger partial charge in [-0.05, 0) is 101 Å². The Labute approximate surface area is 561 Å². The molecule has 2 heterocycles. The summed E-state index contributed by atoms with van der Waals surface area (Å²) in [5.41, 5.74) is -1.72. The van der Waals surface area contributed by atoms with Crippen molar-refractivity contribution in [3.05, 3.63) is 0 Å². The topological polar surface area (TPSA) is 279 Å². The molecule has 0 bridgehead atoms. The molecule has 0 aromatic carbocycles. The van der Waals surface area contributed by atoms with Crippen molar-refractivity contribution in [1.29, 1.82) is 0 Å². The Bertz CT molecular complexity index is 2640. The average molecular weight is 1400 g/mol. The first-order valence-corrected chi connectivity index (χ1v) is 34.8. The van der Waals surface area contributed by atoms with Crippen LogP contribution in [0, 0.1) is 41.9 Å². The van der Waals surface area contributed by atoms with Gasteiger partial charge in [0.15, 0.2) is 0 Å². The van der Waals surface area contributed by atoms with E-state index in [1.165, 1.54) is 87.7 Å². The van der Waals surface area contributed by atoms with Gasteiger partial charge < -0.3 is 60.5 Å². The Morgan fingerprint density at radius 3 is 1.74 bits per heavy atom. The summed E-state index contributed by atoms with van der Waals surface area (Å²) in [6.07, 6.45) is 16.5. The molecule has 24 nitrogen and oxygen atoms in total. The molecule has 2 saturated carbocycles. The van der Waals surface area contributed by atoms with Gasteiger partial charge in [-0.3, -0.25) is 57.5 Å². The predicted molar refractivity (Wildman–Crippen MR) is 360 cm³/mol. The van der Waals surface area contributed by atoms with Crippen LogP contribution in [0.5, 0.6) is 0 Å². The van der Waals surface area contributed by atoms with E-state index in [1.807, 2.05) is 34.6 Å². The highest BCUT2D eigenvalue weighted by Crippen LogP contribution is 2.33. The molecule has 4 aliphatic rings. The van der Waals surface area contributed by atoms with Crippen molar-refractivity contribution in [3.8, 4) is 12.3 Å². The normalized spacial score (nSPS) is 28.0. The van der Waals surface area contributed by atoms with E-state index in [0.29, 0.717) is 42.7 Å². The number of likely N-dealkylation sites (tertiary alicyclic amines) is 1. The molecule has 0 aromatic rings. The molecule has 2 aliphatic carbocycles. The highest BCUT2D eigenvalue weighted by atomic mass is 127. The van der Waals surface area contributed by atoms with Gasteiger partial charge in [0.1, 0.15) is 47.8 Å². The molecule has 92 heavy (non-hydrogen) atoms. The van der Waals surface area contributed by atoms with Crippen molar-refractivity contribution in [3.63, 3.8) is 0 Å². The maximum Gasteiger partial charge on any atom is 0.246 e. The largest absolute Gasteiger partial charge is 0.343 e. The molecule has 518 valence electrons. The summed E-state index contributed by atoms with van der Waals surface area (Å²) >= 11 is 2.39. The summed E-state index contributed by atoms with van der Waals surface area (Å²) in [6.45, 7) is 13.3. The summed E-state index contributed by atoms with van der Waals surface area (Å²) in [5, 5.41) is 11.4. The van der Waals surface area contributed by atoms with Crippen LogP contribution in [0.2, 0.25) is 0 Å². The fraction of sp³-hybridized carbons (Fsp3) is 0.791. The Hall–Kier alpha value is -6.07.